The van der Waals surface area contributed by atoms with E-state index in [-0.39, 0.29) is 0 Å². The molecule has 2 atom stereocenters. The van der Waals surface area contributed by atoms with Crippen LogP contribution in [0.25, 0.3) is 0 Å². The van der Waals surface area contributed by atoms with Crippen LogP contribution in [0.2, 0.25) is 0 Å². The smallest absolute Gasteiger partial charge is 0.289 e. The van der Waals surface area contributed by atoms with Crippen LogP contribution in [0.15, 0.2) is 6.33 Å². The highest BCUT2D eigenvalue weighted by molar-refractivity contribution is 4.75. The summed E-state index contributed by atoms with van der Waals surface area (Å²) in [5, 5.41) is 7.18. The summed E-state index contributed by atoms with van der Waals surface area (Å²) in [6.45, 7) is 7.31. The fourth-order valence-corrected chi connectivity index (χ4v) is 2.63. The van der Waals surface area contributed by atoms with Gasteiger partial charge in [0.2, 0.25) is 0 Å². The summed E-state index contributed by atoms with van der Waals surface area (Å²) in [6.07, 6.45) is 3.31. The van der Waals surface area contributed by atoms with E-state index in [0.29, 0.717) is 0 Å². The highest BCUT2D eigenvalue weighted by Gasteiger charge is 2.47. The second-order valence-electron chi connectivity index (χ2n) is 4.46. The molecule has 3 rings (SSSR count). The first-order valence-corrected chi connectivity index (χ1v) is 5.08. The van der Waals surface area contributed by atoms with Gasteiger partial charge in [-0.25, -0.2) is 4.57 Å². The van der Waals surface area contributed by atoms with Crippen LogP contribution in [0.5, 0.6) is 0 Å². The molecule has 1 fully saturated rings. The van der Waals surface area contributed by atoms with Gasteiger partial charge in [0, 0.05) is 11.5 Å². The average Bonchev–Trinajstić information content (AvgIpc) is 2.61. The van der Waals surface area contributed by atoms with Crippen LogP contribution in [-0.4, -0.2) is 33.8 Å². The van der Waals surface area contributed by atoms with E-state index in [9.17, 15) is 0 Å². The number of hydrogen-bond acceptors (Lipinski definition) is 1. The van der Waals surface area contributed by atoms with Gasteiger partial charge in [-0.15, -0.1) is 5.10 Å². The van der Waals surface area contributed by atoms with E-state index in [1.807, 2.05) is 6.33 Å². The molecule has 2 aliphatic heterocycles. The Labute approximate surface area is 77.8 Å². The SMILES string of the molecule is CC1CC[N+]12CC[n+]1cn[nH]c1C2. The summed E-state index contributed by atoms with van der Waals surface area (Å²) in [6, 6.07) is 0.858. The van der Waals surface area contributed by atoms with E-state index in [0.717, 1.165) is 19.1 Å². The van der Waals surface area contributed by atoms with Gasteiger partial charge in [0.05, 0.1) is 12.6 Å². The molecule has 70 valence electrons. The monoisotopic (exact) mass is 180 g/mol. The van der Waals surface area contributed by atoms with Gasteiger partial charge in [0.1, 0.15) is 13.1 Å². The number of fused-ring (bicyclic) bond motifs is 1. The van der Waals surface area contributed by atoms with Crippen molar-refractivity contribution >= 4 is 0 Å². The van der Waals surface area contributed by atoms with Crippen molar-refractivity contribution in [1.29, 1.82) is 0 Å². The summed E-state index contributed by atoms with van der Waals surface area (Å²) in [4.78, 5) is 0. The van der Waals surface area contributed by atoms with Gasteiger partial charge in [-0.2, -0.15) is 0 Å². The lowest BCUT2D eigenvalue weighted by Gasteiger charge is -2.51. The number of nitrogens with zero attached hydrogens (tertiary/aromatic N) is 3. The highest BCUT2D eigenvalue weighted by atomic mass is 15.5. The van der Waals surface area contributed by atoms with Crippen molar-refractivity contribution in [3.05, 3.63) is 12.2 Å². The van der Waals surface area contributed by atoms with Crippen molar-refractivity contribution in [3.63, 3.8) is 0 Å². The van der Waals surface area contributed by atoms with E-state index < -0.39 is 0 Å². The maximum Gasteiger partial charge on any atom is 0.289 e. The molecule has 3 heterocycles. The molecule has 0 amide bonds. The largest absolute Gasteiger partial charge is 0.310 e. The molecule has 1 saturated heterocycles. The first-order valence-electron chi connectivity index (χ1n) is 5.08. The highest BCUT2D eigenvalue weighted by Crippen LogP contribution is 2.31. The number of aromatic nitrogens is 3. The Bertz CT molecular complexity index is 332. The Hall–Kier alpha value is -0.900. The van der Waals surface area contributed by atoms with Crippen LogP contribution in [0.1, 0.15) is 19.2 Å². The van der Waals surface area contributed by atoms with Gasteiger partial charge in [-0.3, -0.25) is 0 Å². The molecule has 1 spiro atoms. The fourth-order valence-electron chi connectivity index (χ4n) is 2.63. The van der Waals surface area contributed by atoms with Crippen LogP contribution in [-0.2, 0) is 13.1 Å². The first kappa shape index (κ1) is 7.50. The molecule has 0 radical (unpaired) electrons. The molecule has 4 heteroatoms. The van der Waals surface area contributed by atoms with Crippen LogP contribution in [0.4, 0.5) is 0 Å². The van der Waals surface area contributed by atoms with Gasteiger partial charge < -0.3 is 4.48 Å². The first-order chi connectivity index (χ1) is 6.30. The maximum atomic E-state index is 4.08. The molecule has 0 bridgehead atoms. The molecule has 4 nitrogen and oxygen atoms in total. The van der Waals surface area contributed by atoms with Crippen LogP contribution in [0, 0.1) is 0 Å². The van der Waals surface area contributed by atoms with Gasteiger partial charge in [0.25, 0.3) is 12.2 Å². The lowest BCUT2D eigenvalue weighted by atomic mass is 9.98. The molecule has 1 aromatic rings. The predicted octanol–water partition coefficient (Wildman–Crippen LogP) is -0.180. The van der Waals surface area contributed by atoms with E-state index in [1.165, 1.54) is 29.8 Å². The van der Waals surface area contributed by atoms with Gasteiger partial charge in [-0.05, 0) is 6.92 Å². The van der Waals surface area contributed by atoms with Gasteiger partial charge in [0.15, 0.2) is 6.54 Å². The third kappa shape index (κ3) is 0.892. The summed E-state index contributed by atoms with van der Waals surface area (Å²) >= 11 is 0. The molecule has 0 aliphatic carbocycles. The molecule has 1 N–H and O–H groups in total. The zero-order valence-corrected chi connectivity index (χ0v) is 8.03. The second-order valence-corrected chi connectivity index (χ2v) is 4.46. The summed E-state index contributed by atoms with van der Waals surface area (Å²) in [5.41, 5.74) is 0. The normalized spacial score (nSPS) is 37.2. The lowest BCUT2D eigenvalue weighted by Crippen LogP contribution is -2.69. The average molecular weight is 180 g/mol. The van der Waals surface area contributed by atoms with Crippen molar-refractivity contribution in [1.82, 2.24) is 10.2 Å². The molecule has 13 heavy (non-hydrogen) atoms. The Morgan fingerprint density at radius 3 is 3.23 bits per heavy atom. The number of quaternary nitrogens is 1. The number of aromatic amines is 1. The lowest BCUT2D eigenvalue weighted by molar-refractivity contribution is -1.03. The maximum absolute atomic E-state index is 4.08. The summed E-state index contributed by atoms with van der Waals surface area (Å²) in [7, 11) is 0. The molecule has 0 saturated carbocycles. The van der Waals surface area contributed by atoms with Crippen molar-refractivity contribution in [2.24, 2.45) is 0 Å². The molecule has 1 aromatic heterocycles. The van der Waals surface area contributed by atoms with Crippen molar-refractivity contribution < 1.29 is 9.05 Å². The Kier molecular flexibility index (Phi) is 1.34. The van der Waals surface area contributed by atoms with Crippen LogP contribution in [0.3, 0.4) is 0 Å². The minimum atomic E-state index is 0.858. The van der Waals surface area contributed by atoms with Gasteiger partial charge >= 0.3 is 0 Å². The number of H-pyrrole nitrogens is 1. The molecule has 2 aliphatic rings. The Morgan fingerprint density at radius 1 is 1.62 bits per heavy atom. The zero-order chi connectivity index (χ0) is 8.89. The quantitative estimate of drug-likeness (QED) is 0.436. The van der Waals surface area contributed by atoms with E-state index in [2.05, 4.69) is 21.7 Å². The molecule has 0 aromatic carbocycles. The third-order valence-corrected chi connectivity index (χ3v) is 3.92. The summed E-state index contributed by atoms with van der Waals surface area (Å²) < 4.78 is 3.54. The molecular weight excluding hydrogens is 164 g/mol. The predicted molar refractivity (Wildman–Crippen MR) is 46.6 cm³/mol. The van der Waals surface area contributed by atoms with E-state index >= 15 is 0 Å². The number of hydrogen-bond donors (Lipinski definition) is 1. The minimum absolute atomic E-state index is 0.858. The number of nitrogens with one attached hydrogen (secondary N) is 1. The van der Waals surface area contributed by atoms with Crippen molar-refractivity contribution in [2.75, 3.05) is 13.1 Å². The van der Waals surface area contributed by atoms with Gasteiger partial charge in [-0.1, -0.05) is 0 Å². The van der Waals surface area contributed by atoms with E-state index in [4.69, 9.17) is 0 Å². The summed E-state index contributed by atoms with van der Waals surface area (Å²) in [5.74, 6) is 1.30. The molecule has 2 unspecified atom stereocenters. The third-order valence-electron chi connectivity index (χ3n) is 3.92. The standard InChI is InChI=1S/C9H15N4/c1-8-2-4-13(8)5-3-12-7-10-11-9(12)6-13/h7-8H,2-6H2,1H3/q+1/p+1. The van der Waals surface area contributed by atoms with Crippen molar-refractivity contribution in [2.45, 2.75) is 32.5 Å². The fraction of sp³-hybridized carbons (Fsp3) is 0.778. The minimum Gasteiger partial charge on any atom is -0.310 e. The Balaban J connectivity index is 1.92. The van der Waals surface area contributed by atoms with E-state index in [1.54, 1.807) is 0 Å². The second kappa shape index (κ2) is 2.32. The van der Waals surface area contributed by atoms with Crippen LogP contribution >= 0.6 is 0 Å². The topological polar surface area (TPSA) is 32.6 Å². The van der Waals surface area contributed by atoms with Crippen LogP contribution < -0.4 is 4.57 Å². The zero-order valence-electron chi connectivity index (χ0n) is 8.03. The molecular formula is C9H16N4+2. The van der Waals surface area contributed by atoms with Crippen molar-refractivity contribution in [3.8, 4) is 0 Å². The Morgan fingerprint density at radius 2 is 2.54 bits per heavy atom. The number of rotatable bonds is 0.